The summed E-state index contributed by atoms with van der Waals surface area (Å²) in [5.74, 6) is -1.00. The van der Waals surface area contributed by atoms with Crippen molar-refractivity contribution in [2.75, 3.05) is 0 Å². The maximum Gasteiger partial charge on any atom is 0.408 e. The molecule has 1 atom stereocenters. The van der Waals surface area contributed by atoms with Gasteiger partial charge < -0.3 is 15.2 Å². The van der Waals surface area contributed by atoms with Crippen LogP contribution in [0, 0.1) is 5.41 Å². The van der Waals surface area contributed by atoms with Gasteiger partial charge in [-0.3, -0.25) is 0 Å². The Labute approximate surface area is 114 Å². The van der Waals surface area contributed by atoms with E-state index in [4.69, 9.17) is 4.74 Å². The van der Waals surface area contributed by atoms with E-state index in [2.05, 4.69) is 12.2 Å². The second-order valence-electron chi connectivity index (χ2n) is 6.76. The lowest BCUT2D eigenvalue weighted by molar-refractivity contribution is -0.140. The van der Waals surface area contributed by atoms with Crippen molar-refractivity contribution in [1.82, 2.24) is 5.32 Å². The second kappa shape index (κ2) is 5.80. The number of carbonyl (C=O) groups excluding carboxylic acids is 1. The van der Waals surface area contributed by atoms with Gasteiger partial charge in [-0.25, -0.2) is 9.59 Å². The number of ether oxygens (including phenoxy) is 1. The van der Waals surface area contributed by atoms with E-state index in [9.17, 15) is 14.7 Å². The lowest BCUT2D eigenvalue weighted by Crippen LogP contribution is -2.45. The monoisotopic (exact) mass is 271 g/mol. The minimum absolute atomic E-state index is 0.0120. The molecule has 0 aliphatic heterocycles. The highest BCUT2D eigenvalue weighted by Crippen LogP contribution is 2.41. The van der Waals surface area contributed by atoms with E-state index in [-0.39, 0.29) is 5.41 Å². The van der Waals surface area contributed by atoms with Crippen LogP contribution < -0.4 is 5.32 Å². The SMILES string of the molecule is CC1(C[C@H](NC(=O)OC(C)(C)C)C(=O)O)CCCC1. The topological polar surface area (TPSA) is 75.6 Å². The molecule has 5 nitrogen and oxygen atoms in total. The molecule has 0 bridgehead atoms. The molecule has 0 aromatic carbocycles. The molecular formula is C14H25NO4. The maximum atomic E-state index is 11.7. The standard InChI is InChI=1S/C14H25NO4/c1-13(2,3)19-12(18)15-10(11(16)17)9-14(4)7-5-6-8-14/h10H,5-9H2,1-4H3,(H,15,18)(H,16,17)/t10-/m0/s1. The molecule has 0 aromatic heterocycles. The predicted molar refractivity (Wildman–Crippen MR) is 72.0 cm³/mol. The number of nitrogens with one attached hydrogen (secondary N) is 1. The molecule has 1 rings (SSSR count). The predicted octanol–water partition coefficient (Wildman–Crippen LogP) is 2.93. The van der Waals surface area contributed by atoms with Crippen molar-refractivity contribution in [3.8, 4) is 0 Å². The van der Waals surface area contributed by atoms with Crippen molar-refractivity contribution >= 4 is 12.1 Å². The Kier molecular flexibility index (Phi) is 4.82. The van der Waals surface area contributed by atoms with E-state index < -0.39 is 23.7 Å². The molecule has 0 saturated heterocycles. The summed E-state index contributed by atoms with van der Waals surface area (Å²) in [5.41, 5.74) is -0.609. The summed E-state index contributed by atoms with van der Waals surface area (Å²) in [7, 11) is 0. The number of alkyl carbamates (subject to hydrolysis) is 1. The van der Waals surface area contributed by atoms with Gasteiger partial charge in [0.05, 0.1) is 0 Å². The average Bonchev–Trinajstić information content (AvgIpc) is 2.61. The third kappa shape index (κ3) is 5.49. The van der Waals surface area contributed by atoms with E-state index in [0.29, 0.717) is 6.42 Å². The fourth-order valence-electron chi connectivity index (χ4n) is 2.58. The molecular weight excluding hydrogens is 246 g/mol. The number of carbonyl (C=O) groups is 2. The van der Waals surface area contributed by atoms with Crippen LogP contribution in [-0.2, 0) is 9.53 Å². The third-order valence-electron chi connectivity index (χ3n) is 3.50. The third-order valence-corrected chi connectivity index (χ3v) is 3.50. The van der Waals surface area contributed by atoms with Gasteiger partial charge in [0.15, 0.2) is 0 Å². The first kappa shape index (κ1) is 15.8. The summed E-state index contributed by atoms with van der Waals surface area (Å²) in [4.78, 5) is 22.9. The van der Waals surface area contributed by atoms with Crippen molar-refractivity contribution < 1.29 is 19.4 Å². The van der Waals surface area contributed by atoms with Crippen LogP contribution in [0.5, 0.6) is 0 Å². The fraction of sp³-hybridized carbons (Fsp3) is 0.857. The molecule has 0 unspecified atom stereocenters. The molecule has 0 aromatic rings. The van der Waals surface area contributed by atoms with Gasteiger partial charge in [0.1, 0.15) is 11.6 Å². The number of hydrogen-bond acceptors (Lipinski definition) is 3. The average molecular weight is 271 g/mol. The van der Waals surface area contributed by atoms with Crippen LogP contribution in [0.4, 0.5) is 4.79 Å². The number of hydrogen-bond donors (Lipinski definition) is 2. The van der Waals surface area contributed by atoms with E-state index in [1.54, 1.807) is 20.8 Å². The van der Waals surface area contributed by atoms with E-state index >= 15 is 0 Å². The highest BCUT2D eigenvalue weighted by Gasteiger charge is 2.35. The maximum absolute atomic E-state index is 11.7. The largest absolute Gasteiger partial charge is 0.480 e. The zero-order chi connectivity index (χ0) is 14.7. The summed E-state index contributed by atoms with van der Waals surface area (Å²) in [6.07, 6.45) is 4.10. The summed E-state index contributed by atoms with van der Waals surface area (Å²) < 4.78 is 5.10. The van der Waals surface area contributed by atoms with Crippen molar-refractivity contribution in [3.63, 3.8) is 0 Å². The van der Waals surface area contributed by atoms with Gasteiger partial charge >= 0.3 is 12.1 Å². The first-order valence-electron chi connectivity index (χ1n) is 6.84. The molecule has 1 aliphatic rings. The van der Waals surface area contributed by atoms with Gasteiger partial charge in [-0.2, -0.15) is 0 Å². The Morgan fingerprint density at radius 1 is 1.32 bits per heavy atom. The molecule has 0 heterocycles. The molecule has 5 heteroatoms. The lowest BCUT2D eigenvalue weighted by Gasteiger charge is -2.28. The molecule has 1 aliphatic carbocycles. The van der Waals surface area contributed by atoms with Crippen LogP contribution in [0.15, 0.2) is 0 Å². The number of carboxylic acids is 1. The molecule has 1 saturated carbocycles. The summed E-state index contributed by atoms with van der Waals surface area (Å²) in [6, 6.07) is -0.877. The van der Waals surface area contributed by atoms with E-state index in [0.717, 1.165) is 25.7 Å². The van der Waals surface area contributed by atoms with Crippen molar-refractivity contribution in [2.45, 2.75) is 71.4 Å². The van der Waals surface area contributed by atoms with Gasteiger partial charge in [-0.15, -0.1) is 0 Å². The van der Waals surface area contributed by atoms with Gasteiger partial charge in [-0.1, -0.05) is 19.8 Å². The Morgan fingerprint density at radius 2 is 1.84 bits per heavy atom. The quantitative estimate of drug-likeness (QED) is 0.824. The normalized spacial score (nSPS) is 19.8. The number of carboxylic acid groups (broad SMARTS) is 1. The lowest BCUT2D eigenvalue weighted by atomic mass is 9.82. The van der Waals surface area contributed by atoms with Crippen molar-refractivity contribution in [3.05, 3.63) is 0 Å². The molecule has 1 fully saturated rings. The van der Waals surface area contributed by atoms with Crippen LogP contribution >= 0.6 is 0 Å². The minimum atomic E-state index is -1.00. The second-order valence-corrected chi connectivity index (χ2v) is 6.76. The van der Waals surface area contributed by atoms with Gasteiger partial charge in [0.25, 0.3) is 0 Å². The molecule has 0 spiro atoms. The Morgan fingerprint density at radius 3 is 2.26 bits per heavy atom. The van der Waals surface area contributed by atoms with Crippen LogP contribution in [-0.4, -0.2) is 28.8 Å². The molecule has 110 valence electrons. The van der Waals surface area contributed by atoms with Crippen LogP contribution in [0.2, 0.25) is 0 Å². The molecule has 19 heavy (non-hydrogen) atoms. The molecule has 1 amide bonds. The van der Waals surface area contributed by atoms with Gasteiger partial charge in [-0.05, 0) is 45.4 Å². The van der Waals surface area contributed by atoms with Crippen LogP contribution in [0.1, 0.15) is 59.8 Å². The van der Waals surface area contributed by atoms with Crippen LogP contribution in [0.3, 0.4) is 0 Å². The first-order valence-corrected chi connectivity index (χ1v) is 6.84. The van der Waals surface area contributed by atoms with Gasteiger partial charge in [0.2, 0.25) is 0 Å². The summed E-state index contributed by atoms with van der Waals surface area (Å²) >= 11 is 0. The molecule has 2 N–H and O–H groups in total. The van der Waals surface area contributed by atoms with Crippen molar-refractivity contribution in [1.29, 1.82) is 0 Å². The Balaban J connectivity index is 2.58. The summed E-state index contributed by atoms with van der Waals surface area (Å²) in [6.45, 7) is 7.34. The van der Waals surface area contributed by atoms with Gasteiger partial charge in [0, 0.05) is 0 Å². The van der Waals surface area contributed by atoms with Crippen molar-refractivity contribution in [2.24, 2.45) is 5.41 Å². The number of amides is 1. The summed E-state index contributed by atoms with van der Waals surface area (Å²) in [5, 5.41) is 11.7. The zero-order valence-corrected chi connectivity index (χ0v) is 12.3. The zero-order valence-electron chi connectivity index (χ0n) is 12.3. The molecule has 0 radical (unpaired) electrons. The Bertz CT molecular complexity index is 340. The Hall–Kier alpha value is -1.26. The smallest absolute Gasteiger partial charge is 0.408 e. The highest BCUT2D eigenvalue weighted by atomic mass is 16.6. The number of aliphatic carboxylic acids is 1. The minimum Gasteiger partial charge on any atom is -0.480 e. The highest BCUT2D eigenvalue weighted by molar-refractivity contribution is 5.80. The first-order chi connectivity index (χ1) is 8.61. The van der Waals surface area contributed by atoms with E-state index in [1.165, 1.54) is 0 Å². The van der Waals surface area contributed by atoms with Crippen LogP contribution in [0.25, 0.3) is 0 Å². The number of rotatable bonds is 4. The fourth-order valence-corrected chi connectivity index (χ4v) is 2.58. The van der Waals surface area contributed by atoms with E-state index in [1.807, 2.05) is 0 Å².